The average molecular weight is 302 g/mol. The van der Waals surface area contributed by atoms with Crippen LogP contribution in [0.25, 0.3) is 10.8 Å². The lowest BCUT2D eigenvalue weighted by molar-refractivity contribution is 0.0697. The van der Waals surface area contributed by atoms with E-state index in [0.717, 1.165) is 16.5 Å². The molecule has 0 unspecified atom stereocenters. The fourth-order valence-electron chi connectivity index (χ4n) is 1.89. The Kier molecular flexibility index (Phi) is 3.85. The van der Waals surface area contributed by atoms with Crippen LogP contribution in [0.1, 0.15) is 31.1 Å². The van der Waals surface area contributed by atoms with Crippen molar-refractivity contribution in [2.24, 2.45) is 0 Å². The molecule has 2 rings (SSSR count). The fourth-order valence-corrected chi connectivity index (χ4v) is 2.93. The van der Waals surface area contributed by atoms with E-state index in [4.69, 9.17) is 9.53 Å². The third-order valence-electron chi connectivity index (χ3n) is 4.26. The van der Waals surface area contributed by atoms with Crippen LogP contribution >= 0.6 is 0 Å². The van der Waals surface area contributed by atoms with Gasteiger partial charge in [-0.2, -0.15) is 0 Å². The van der Waals surface area contributed by atoms with Gasteiger partial charge >= 0.3 is 5.97 Å². The van der Waals surface area contributed by atoms with E-state index < -0.39 is 14.3 Å². The molecule has 0 aromatic heterocycles. The number of carbonyl (C=O) groups is 1. The molecule has 3 nitrogen and oxygen atoms in total. The predicted molar refractivity (Wildman–Crippen MR) is 88.7 cm³/mol. The highest BCUT2D eigenvalue weighted by Gasteiger charge is 2.39. The lowest BCUT2D eigenvalue weighted by atomic mass is 10.1. The zero-order chi connectivity index (χ0) is 15.8. The number of carboxylic acids is 1. The van der Waals surface area contributed by atoms with Crippen LogP contribution < -0.4 is 4.43 Å². The topological polar surface area (TPSA) is 46.5 Å². The molecule has 0 saturated carbocycles. The maximum atomic E-state index is 11.2. The average Bonchev–Trinajstić information content (AvgIpc) is 2.36. The summed E-state index contributed by atoms with van der Waals surface area (Å²) in [4.78, 5) is 11.2. The maximum Gasteiger partial charge on any atom is 0.335 e. The molecular weight excluding hydrogens is 280 g/mol. The molecule has 21 heavy (non-hydrogen) atoms. The largest absolute Gasteiger partial charge is 0.543 e. The SMILES string of the molecule is CC(C)(C)[Si](C)(C)Oc1cccc2ccc(C(=O)O)cc12. The van der Waals surface area contributed by atoms with Crippen molar-refractivity contribution in [3.8, 4) is 5.75 Å². The van der Waals surface area contributed by atoms with Crippen molar-refractivity contribution < 1.29 is 14.3 Å². The van der Waals surface area contributed by atoms with Crippen LogP contribution in [0.15, 0.2) is 36.4 Å². The molecule has 0 saturated heterocycles. The molecule has 0 radical (unpaired) electrons. The summed E-state index contributed by atoms with van der Waals surface area (Å²) in [5, 5.41) is 11.1. The standard InChI is InChI=1S/C17H22O3Si/c1-17(2,3)21(4,5)20-15-8-6-7-12-9-10-13(16(18)19)11-14(12)15/h6-11H,1-5H3,(H,18,19). The normalized spacial score (nSPS) is 12.4. The van der Waals surface area contributed by atoms with Crippen molar-refractivity contribution in [2.45, 2.75) is 38.9 Å². The molecule has 2 aromatic rings. The van der Waals surface area contributed by atoms with E-state index in [1.807, 2.05) is 24.3 Å². The highest BCUT2D eigenvalue weighted by atomic mass is 28.4. The van der Waals surface area contributed by atoms with Crippen molar-refractivity contribution in [3.63, 3.8) is 0 Å². The maximum absolute atomic E-state index is 11.2. The number of fused-ring (bicyclic) bond motifs is 1. The van der Waals surface area contributed by atoms with Crippen molar-refractivity contribution >= 4 is 25.1 Å². The molecule has 2 aromatic carbocycles. The summed E-state index contributed by atoms with van der Waals surface area (Å²) in [7, 11) is -1.95. The van der Waals surface area contributed by atoms with Gasteiger partial charge in [0.25, 0.3) is 8.32 Å². The molecule has 0 aliphatic rings. The summed E-state index contributed by atoms with van der Waals surface area (Å²) in [5.41, 5.74) is 0.286. The van der Waals surface area contributed by atoms with E-state index in [-0.39, 0.29) is 10.6 Å². The van der Waals surface area contributed by atoms with Gasteiger partial charge in [-0.15, -0.1) is 0 Å². The van der Waals surface area contributed by atoms with Gasteiger partial charge in [-0.25, -0.2) is 4.79 Å². The van der Waals surface area contributed by atoms with Crippen LogP contribution in [-0.4, -0.2) is 19.4 Å². The number of rotatable bonds is 3. The third-order valence-corrected chi connectivity index (χ3v) is 8.60. The molecule has 112 valence electrons. The minimum atomic E-state index is -1.95. The minimum absolute atomic E-state index is 0.0968. The first-order chi connectivity index (χ1) is 9.62. The summed E-state index contributed by atoms with van der Waals surface area (Å²) in [6.07, 6.45) is 0. The Balaban J connectivity index is 2.54. The molecule has 0 aliphatic carbocycles. The predicted octanol–water partition coefficient (Wildman–Crippen LogP) is 4.92. The molecule has 0 atom stereocenters. The van der Waals surface area contributed by atoms with Crippen molar-refractivity contribution in [1.82, 2.24) is 0 Å². The van der Waals surface area contributed by atoms with E-state index in [9.17, 15) is 4.79 Å². The zero-order valence-corrected chi connectivity index (χ0v) is 14.2. The van der Waals surface area contributed by atoms with Gasteiger partial charge in [0.1, 0.15) is 5.75 Å². The molecule has 0 amide bonds. The van der Waals surface area contributed by atoms with Gasteiger partial charge in [-0.1, -0.05) is 39.0 Å². The van der Waals surface area contributed by atoms with Gasteiger partial charge in [-0.05, 0) is 41.7 Å². The van der Waals surface area contributed by atoms with Crippen LogP contribution in [0.4, 0.5) is 0 Å². The van der Waals surface area contributed by atoms with Crippen LogP contribution in [0.2, 0.25) is 18.1 Å². The van der Waals surface area contributed by atoms with Gasteiger partial charge in [0.2, 0.25) is 0 Å². The third kappa shape index (κ3) is 3.10. The second-order valence-corrected chi connectivity index (χ2v) is 11.6. The van der Waals surface area contributed by atoms with Crippen molar-refractivity contribution in [2.75, 3.05) is 0 Å². The number of hydrogen-bond donors (Lipinski definition) is 1. The Morgan fingerprint density at radius 3 is 2.38 bits per heavy atom. The smallest absolute Gasteiger partial charge is 0.335 e. The molecule has 0 spiro atoms. The first-order valence-corrected chi connectivity index (χ1v) is 9.98. The van der Waals surface area contributed by atoms with Gasteiger partial charge in [0, 0.05) is 5.39 Å². The molecule has 0 fully saturated rings. The Morgan fingerprint density at radius 1 is 1.14 bits per heavy atom. The second kappa shape index (κ2) is 5.19. The highest BCUT2D eigenvalue weighted by molar-refractivity contribution is 6.74. The number of carboxylic acid groups (broad SMARTS) is 1. The molecule has 0 bridgehead atoms. The molecule has 0 aliphatic heterocycles. The molecule has 1 N–H and O–H groups in total. The van der Waals surface area contributed by atoms with Crippen molar-refractivity contribution in [1.29, 1.82) is 0 Å². The van der Waals surface area contributed by atoms with E-state index >= 15 is 0 Å². The Morgan fingerprint density at radius 2 is 1.81 bits per heavy atom. The van der Waals surface area contributed by atoms with Gasteiger partial charge in [0.15, 0.2) is 0 Å². The first-order valence-electron chi connectivity index (χ1n) is 7.07. The second-order valence-electron chi connectivity index (χ2n) is 6.86. The molecule has 4 heteroatoms. The molecule has 0 heterocycles. The number of hydrogen-bond acceptors (Lipinski definition) is 2. The fraction of sp³-hybridized carbons (Fsp3) is 0.353. The Bertz CT molecular complexity index is 684. The van der Waals surface area contributed by atoms with Gasteiger partial charge in [0.05, 0.1) is 5.56 Å². The summed E-state index contributed by atoms with van der Waals surface area (Å²) in [6.45, 7) is 10.9. The quantitative estimate of drug-likeness (QED) is 0.818. The first kappa shape index (κ1) is 15.6. The highest BCUT2D eigenvalue weighted by Crippen LogP contribution is 2.39. The lowest BCUT2D eigenvalue weighted by Crippen LogP contribution is -2.43. The van der Waals surface area contributed by atoms with Crippen LogP contribution in [0, 0.1) is 0 Å². The van der Waals surface area contributed by atoms with Crippen molar-refractivity contribution in [3.05, 3.63) is 42.0 Å². The van der Waals surface area contributed by atoms with E-state index in [1.165, 1.54) is 0 Å². The van der Waals surface area contributed by atoms with Crippen LogP contribution in [-0.2, 0) is 0 Å². The van der Waals surface area contributed by atoms with E-state index in [1.54, 1.807) is 12.1 Å². The summed E-state index contributed by atoms with van der Waals surface area (Å²) < 4.78 is 6.36. The minimum Gasteiger partial charge on any atom is -0.543 e. The van der Waals surface area contributed by atoms with Gasteiger partial charge < -0.3 is 9.53 Å². The Hall–Kier alpha value is -1.81. The van der Waals surface area contributed by atoms with E-state index in [2.05, 4.69) is 33.9 Å². The van der Waals surface area contributed by atoms with Crippen LogP contribution in [0.3, 0.4) is 0 Å². The summed E-state index contributed by atoms with van der Waals surface area (Å²) >= 11 is 0. The van der Waals surface area contributed by atoms with E-state index in [0.29, 0.717) is 0 Å². The monoisotopic (exact) mass is 302 g/mol. The number of benzene rings is 2. The zero-order valence-electron chi connectivity index (χ0n) is 13.2. The van der Waals surface area contributed by atoms with Gasteiger partial charge in [-0.3, -0.25) is 0 Å². The summed E-state index contributed by atoms with van der Waals surface area (Å²) in [6, 6.07) is 11.0. The summed E-state index contributed by atoms with van der Waals surface area (Å²) in [5.74, 6) is -0.138. The Labute approximate surface area is 126 Å². The lowest BCUT2D eigenvalue weighted by Gasteiger charge is -2.36. The van der Waals surface area contributed by atoms with Crippen LogP contribution in [0.5, 0.6) is 5.75 Å². The molecular formula is C17H22O3Si. The number of aromatic carboxylic acids is 1.